The number of aryl methyl sites for hydroxylation is 2. The van der Waals surface area contributed by atoms with E-state index in [9.17, 15) is 40.8 Å². The average molecular weight is 847 g/mol. The van der Waals surface area contributed by atoms with E-state index in [0.29, 0.717) is 68.6 Å². The Morgan fingerprint density at radius 1 is 1.12 bits per heavy atom. The molecule has 1 aromatic heterocycles. The first-order chi connectivity index (χ1) is 27.7. The molecular formula is C42H53F3N4O9S. The van der Waals surface area contributed by atoms with Gasteiger partial charge in [-0.25, -0.2) is 13.4 Å². The van der Waals surface area contributed by atoms with Gasteiger partial charge < -0.3 is 24.4 Å². The lowest BCUT2D eigenvalue weighted by molar-refractivity contribution is -0.232. The molecule has 2 saturated carbocycles. The summed E-state index contributed by atoms with van der Waals surface area (Å²) < 4.78 is 86.4. The molecule has 2 aromatic rings. The molecule has 7 rings (SSSR count). The molecule has 59 heavy (non-hydrogen) atoms. The number of methoxy groups -OCH3 is 1. The van der Waals surface area contributed by atoms with Crippen LogP contribution < -0.4 is 19.5 Å². The van der Waals surface area contributed by atoms with Crippen LogP contribution in [0.5, 0.6) is 11.5 Å². The Kier molecular flexibility index (Phi) is 11.3. The fourth-order valence-electron chi connectivity index (χ4n) is 8.90. The molecule has 3 aliphatic heterocycles. The van der Waals surface area contributed by atoms with Crippen molar-refractivity contribution in [2.45, 2.75) is 139 Å². The number of rotatable bonds is 8. The van der Waals surface area contributed by atoms with E-state index in [1.807, 2.05) is 30.4 Å². The van der Waals surface area contributed by atoms with Gasteiger partial charge in [0, 0.05) is 29.2 Å². The molecular weight excluding hydrogens is 794 g/mol. The van der Waals surface area contributed by atoms with E-state index in [2.05, 4.69) is 10.0 Å². The Balaban J connectivity index is 1.23. The maximum atomic E-state index is 14.8. The summed E-state index contributed by atoms with van der Waals surface area (Å²) in [6, 6.07) is 4.30. The first kappa shape index (κ1) is 42.7. The van der Waals surface area contributed by atoms with Gasteiger partial charge in [0.25, 0.3) is 5.91 Å². The summed E-state index contributed by atoms with van der Waals surface area (Å²) in [5.41, 5.74) is -0.514. The number of aromatic nitrogens is 1. The first-order valence-electron chi connectivity index (χ1n) is 20.5. The lowest BCUT2D eigenvalue weighted by Gasteiger charge is -2.36. The Bertz CT molecular complexity index is 2170. The second-order valence-corrected chi connectivity index (χ2v) is 19.9. The molecule has 5 aliphatic rings. The van der Waals surface area contributed by atoms with Crippen molar-refractivity contribution in [1.82, 2.24) is 19.9 Å². The van der Waals surface area contributed by atoms with E-state index in [-0.39, 0.29) is 25.8 Å². The Hall–Kier alpha value is -4.41. The lowest BCUT2D eigenvalue weighted by Crippen LogP contribution is -2.57. The maximum Gasteiger partial charge on any atom is 0.425 e. The number of allylic oxidation sites excluding steroid dienone is 1. The van der Waals surface area contributed by atoms with E-state index >= 15 is 0 Å². The van der Waals surface area contributed by atoms with E-state index in [1.165, 1.54) is 18.7 Å². The second kappa shape index (κ2) is 15.6. The van der Waals surface area contributed by atoms with Gasteiger partial charge in [-0.3, -0.25) is 23.9 Å². The minimum Gasteiger partial charge on any atom is -0.497 e. The number of ether oxygens (including phenoxy) is 3. The zero-order valence-corrected chi connectivity index (χ0v) is 34.9. The minimum atomic E-state index is -4.82. The van der Waals surface area contributed by atoms with Crippen molar-refractivity contribution in [1.29, 1.82) is 0 Å². The SMILES string of the molecule is COc1ccc2nc(C)c3c(c2c1)CC[C@]1(C[C@H]2C(=O)N[C@]4(C(=O)NS(=O)(=O)C5(C)CC5)C[C@H]4/C=C\CCCCC[C@H](CC(=O)OC(C(C)C)C(F)(F)F)C(=O)N2C1)O3. The summed E-state index contributed by atoms with van der Waals surface area (Å²) in [5, 5.41) is 3.69. The predicted octanol–water partition coefficient (Wildman–Crippen LogP) is 5.75. The zero-order chi connectivity index (χ0) is 42.7. The van der Waals surface area contributed by atoms with E-state index in [4.69, 9.17) is 19.2 Å². The highest BCUT2D eigenvalue weighted by Gasteiger charge is 2.64. The van der Waals surface area contributed by atoms with Crippen LogP contribution in [0.3, 0.4) is 0 Å². The van der Waals surface area contributed by atoms with E-state index in [1.54, 1.807) is 21.0 Å². The number of benzene rings is 1. The van der Waals surface area contributed by atoms with Crippen molar-refractivity contribution >= 4 is 44.6 Å². The Morgan fingerprint density at radius 3 is 2.54 bits per heavy atom. The third-order valence-corrected chi connectivity index (χ3v) is 15.1. The normalized spacial score (nSPS) is 29.2. The van der Waals surface area contributed by atoms with Crippen LogP contribution in [0.1, 0.15) is 103 Å². The summed E-state index contributed by atoms with van der Waals surface area (Å²) in [7, 11) is -2.50. The van der Waals surface area contributed by atoms with Gasteiger partial charge in [0.05, 0.1) is 36.0 Å². The van der Waals surface area contributed by atoms with Crippen molar-refractivity contribution < 1.29 is 55.0 Å². The molecule has 322 valence electrons. The monoisotopic (exact) mass is 846 g/mol. The molecule has 2 N–H and O–H groups in total. The van der Waals surface area contributed by atoms with Gasteiger partial charge in [-0.05, 0) is 89.3 Å². The Labute approximate surface area is 342 Å². The van der Waals surface area contributed by atoms with Gasteiger partial charge >= 0.3 is 12.1 Å². The molecule has 3 fully saturated rings. The number of sulfonamides is 1. The van der Waals surface area contributed by atoms with Crippen molar-refractivity contribution in [2.75, 3.05) is 13.7 Å². The fourth-order valence-corrected chi connectivity index (χ4v) is 10.2. The van der Waals surface area contributed by atoms with E-state index in [0.717, 1.165) is 16.5 Å². The van der Waals surface area contributed by atoms with E-state index < -0.39 is 92.1 Å². The van der Waals surface area contributed by atoms with Crippen LogP contribution in [0.2, 0.25) is 0 Å². The third kappa shape index (κ3) is 8.36. The standard InChI is InChI=1S/C42H53F3N4O9S/c1-24(2)35(42(43,44)45)57-33(50)19-26-11-9-7-6-8-10-12-27-21-41(27,38(53)48-59(54,55)39(4)17-18-39)47-36(51)32-22-40(23-49(32)37(26)52)16-15-29-30-20-28(56-5)13-14-31(30)46-25(3)34(29)58-40/h10,12-14,20,24,26-27,32,35H,6-9,11,15-19,21-23H2,1-5H3,(H,47,51)(H,48,53)/b12-10-/t26-,27-,32+,35?,40-,41-/m1/s1. The fraction of sp³-hybridized carbons (Fsp3) is 0.643. The number of amides is 3. The van der Waals surface area contributed by atoms with Gasteiger partial charge in [-0.15, -0.1) is 0 Å². The molecule has 6 atom stereocenters. The number of nitrogens with zero attached hydrogens (tertiary/aromatic N) is 2. The quantitative estimate of drug-likeness (QED) is 0.247. The van der Waals surface area contributed by atoms with Crippen molar-refractivity contribution in [3.05, 3.63) is 41.6 Å². The largest absolute Gasteiger partial charge is 0.497 e. The van der Waals surface area contributed by atoms with Gasteiger partial charge in [-0.1, -0.05) is 38.8 Å². The number of hydrogen-bond donors (Lipinski definition) is 2. The van der Waals surface area contributed by atoms with Gasteiger partial charge in [0.2, 0.25) is 21.8 Å². The van der Waals surface area contributed by atoms with Crippen LogP contribution in [0.25, 0.3) is 10.9 Å². The van der Waals surface area contributed by atoms with Gasteiger partial charge in [-0.2, -0.15) is 13.2 Å². The smallest absolute Gasteiger partial charge is 0.425 e. The molecule has 2 aliphatic carbocycles. The highest BCUT2D eigenvalue weighted by atomic mass is 32.2. The summed E-state index contributed by atoms with van der Waals surface area (Å²) in [6.45, 7) is 5.84. The second-order valence-electron chi connectivity index (χ2n) is 17.7. The average Bonchev–Trinajstić information content (AvgIpc) is 4.06. The number of carbonyl (C=O) groups is 4. The summed E-state index contributed by atoms with van der Waals surface area (Å²) in [5.74, 6) is -4.95. The molecule has 4 heterocycles. The number of nitrogens with one attached hydrogen (secondary N) is 2. The molecule has 13 nitrogen and oxygen atoms in total. The molecule has 0 bridgehead atoms. The number of esters is 1. The molecule has 17 heteroatoms. The van der Waals surface area contributed by atoms with Crippen LogP contribution in [0.4, 0.5) is 13.2 Å². The molecule has 1 spiro atoms. The van der Waals surface area contributed by atoms with Crippen molar-refractivity contribution in [2.24, 2.45) is 17.8 Å². The van der Waals surface area contributed by atoms with Crippen molar-refractivity contribution in [3.63, 3.8) is 0 Å². The number of halogens is 3. The van der Waals surface area contributed by atoms with Gasteiger partial charge in [0.1, 0.15) is 28.7 Å². The molecule has 1 saturated heterocycles. The number of carbonyl (C=O) groups excluding carboxylic acids is 4. The number of fused-ring (bicyclic) bond motifs is 5. The maximum absolute atomic E-state index is 14.8. The molecule has 1 aromatic carbocycles. The highest BCUT2D eigenvalue weighted by molar-refractivity contribution is 7.91. The third-order valence-electron chi connectivity index (χ3n) is 12.9. The minimum absolute atomic E-state index is 0.0190. The van der Waals surface area contributed by atoms with Crippen LogP contribution in [-0.2, 0) is 40.4 Å². The summed E-state index contributed by atoms with van der Waals surface area (Å²) >= 11 is 0. The lowest BCUT2D eigenvalue weighted by atomic mass is 9.87. The van der Waals surface area contributed by atoms with Crippen LogP contribution >= 0.6 is 0 Å². The number of pyridine rings is 1. The molecule has 1 unspecified atom stereocenters. The zero-order valence-electron chi connectivity index (χ0n) is 34.1. The summed E-state index contributed by atoms with van der Waals surface area (Å²) in [6.07, 6.45) is 0.140. The van der Waals surface area contributed by atoms with Gasteiger partial charge in [0.15, 0.2) is 6.10 Å². The van der Waals surface area contributed by atoms with Crippen LogP contribution in [-0.4, -0.2) is 89.9 Å². The van der Waals surface area contributed by atoms with Crippen molar-refractivity contribution in [3.8, 4) is 11.5 Å². The molecule has 0 radical (unpaired) electrons. The Morgan fingerprint density at radius 2 is 1.86 bits per heavy atom. The first-order valence-corrected chi connectivity index (χ1v) is 22.0. The highest BCUT2D eigenvalue weighted by Crippen LogP contribution is 2.49. The number of alkyl halides is 3. The van der Waals surface area contributed by atoms with Crippen LogP contribution in [0, 0.1) is 24.7 Å². The summed E-state index contributed by atoms with van der Waals surface area (Å²) in [4.78, 5) is 62.8. The predicted molar refractivity (Wildman–Crippen MR) is 210 cm³/mol. The van der Waals surface area contributed by atoms with Crippen LogP contribution in [0.15, 0.2) is 30.4 Å². The molecule has 3 amide bonds. The number of hydrogen-bond acceptors (Lipinski definition) is 10. The topological polar surface area (TPSA) is 170 Å².